The second kappa shape index (κ2) is 6.04. The Morgan fingerprint density at radius 1 is 1.37 bits per heavy atom. The number of rotatable bonds is 3. The largest absolute Gasteiger partial charge is 0.478 e. The van der Waals surface area contributed by atoms with Crippen LogP contribution in [0.5, 0.6) is 0 Å². The van der Waals surface area contributed by atoms with Gasteiger partial charge in [-0.3, -0.25) is 4.79 Å². The van der Waals surface area contributed by atoms with E-state index in [0.717, 1.165) is 25.8 Å². The minimum Gasteiger partial charge on any atom is -0.478 e. The van der Waals surface area contributed by atoms with Crippen LogP contribution in [0.2, 0.25) is 5.02 Å². The number of anilines is 1. The lowest BCUT2D eigenvalue weighted by Crippen LogP contribution is -2.43. The summed E-state index contributed by atoms with van der Waals surface area (Å²) < 4.78 is 0. The van der Waals surface area contributed by atoms with Crippen molar-refractivity contribution in [1.82, 2.24) is 5.32 Å². The molecule has 1 saturated heterocycles. The SMILES string of the molecule is O=C(O)c1c(Cl)cccc1NC(=O)C1CCCCN1. The highest BCUT2D eigenvalue weighted by Gasteiger charge is 2.23. The molecule has 0 radical (unpaired) electrons. The van der Waals surface area contributed by atoms with Crippen LogP contribution in [0.4, 0.5) is 5.69 Å². The molecule has 1 aliphatic heterocycles. The Kier molecular flexibility index (Phi) is 4.39. The van der Waals surface area contributed by atoms with Crippen LogP contribution in [0.1, 0.15) is 29.6 Å². The third-order valence-corrected chi connectivity index (χ3v) is 3.43. The zero-order valence-corrected chi connectivity index (χ0v) is 11.0. The molecule has 1 unspecified atom stereocenters. The van der Waals surface area contributed by atoms with Gasteiger partial charge in [0.05, 0.1) is 16.8 Å². The van der Waals surface area contributed by atoms with Crippen molar-refractivity contribution in [2.45, 2.75) is 25.3 Å². The Bertz CT molecular complexity index is 499. The Hall–Kier alpha value is -1.59. The summed E-state index contributed by atoms with van der Waals surface area (Å²) in [5, 5.41) is 15.0. The van der Waals surface area contributed by atoms with Gasteiger partial charge in [0.1, 0.15) is 5.56 Å². The molecule has 1 fully saturated rings. The molecule has 3 N–H and O–H groups in total. The molecule has 2 rings (SSSR count). The summed E-state index contributed by atoms with van der Waals surface area (Å²) in [7, 11) is 0. The fourth-order valence-corrected chi connectivity index (χ4v) is 2.40. The van der Waals surface area contributed by atoms with Crippen molar-refractivity contribution in [2.24, 2.45) is 0 Å². The lowest BCUT2D eigenvalue weighted by atomic mass is 10.0. The van der Waals surface area contributed by atoms with E-state index in [2.05, 4.69) is 10.6 Å². The van der Waals surface area contributed by atoms with Crippen molar-refractivity contribution in [2.75, 3.05) is 11.9 Å². The average Bonchev–Trinajstić information content (AvgIpc) is 2.39. The van der Waals surface area contributed by atoms with Gasteiger partial charge in [-0.15, -0.1) is 0 Å². The van der Waals surface area contributed by atoms with Gasteiger partial charge in [-0.1, -0.05) is 24.1 Å². The molecule has 1 aliphatic rings. The number of carbonyl (C=O) groups excluding carboxylic acids is 1. The predicted octanol–water partition coefficient (Wildman–Crippen LogP) is 2.12. The van der Waals surface area contributed by atoms with E-state index in [1.807, 2.05) is 0 Å². The van der Waals surface area contributed by atoms with Gasteiger partial charge in [-0.25, -0.2) is 4.79 Å². The molecular formula is C13H15ClN2O3. The number of carbonyl (C=O) groups is 2. The summed E-state index contributed by atoms with van der Waals surface area (Å²) in [4.78, 5) is 23.2. The van der Waals surface area contributed by atoms with E-state index < -0.39 is 5.97 Å². The van der Waals surface area contributed by atoms with Gasteiger partial charge >= 0.3 is 5.97 Å². The number of carboxylic acid groups (broad SMARTS) is 1. The van der Waals surface area contributed by atoms with Gasteiger partial charge in [0.25, 0.3) is 0 Å². The summed E-state index contributed by atoms with van der Waals surface area (Å²) in [6, 6.07) is 4.36. The molecule has 0 aromatic heterocycles. The van der Waals surface area contributed by atoms with Crippen molar-refractivity contribution in [1.29, 1.82) is 0 Å². The molecule has 19 heavy (non-hydrogen) atoms. The van der Waals surface area contributed by atoms with E-state index >= 15 is 0 Å². The van der Waals surface area contributed by atoms with Crippen LogP contribution in [0.15, 0.2) is 18.2 Å². The van der Waals surface area contributed by atoms with E-state index in [4.69, 9.17) is 16.7 Å². The molecule has 1 atom stereocenters. The summed E-state index contributed by atoms with van der Waals surface area (Å²) in [5.74, 6) is -1.37. The summed E-state index contributed by atoms with van der Waals surface area (Å²) >= 11 is 5.85. The molecule has 1 aromatic carbocycles. The molecule has 0 saturated carbocycles. The first kappa shape index (κ1) is 13.8. The van der Waals surface area contributed by atoms with Gasteiger partial charge in [0.15, 0.2) is 0 Å². The predicted molar refractivity (Wildman–Crippen MR) is 72.7 cm³/mol. The van der Waals surface area contributed by atoms with Crippen molar-refractivity contribution in [3.05, 3.63) is 28.8 Å². The quantitative estimate of drug-likeness (QED) is 0.793. The summed E-state index contributed by atoms with van der Waals surface area (Å²) in [5.41, 5.74) is 0.158. The molecular weight excluding hydrogens is 268 g/mol. The molecule has 0 bridgehead atoms. The summed E-state index contributed by atoms with van der Waals surface area (Å²) in [6.45, 7) is 0.805. The van der Waals surface area contributed by atoms with Crippen LogP contribution >= 0.6 is 11.6 Å². The van der Waals surface area contributed by atoms with Crippen molar-refractivity contribution < 1.29 is 14.7 Å². The number of piperidine rings is 1. The second-order valence-electron chi connectivity index (χ2n) is 4.46. The maximum atomic E-state index is 12.0. The van der Waals surface area contributed by atoms with Gasteiger partial charge < -0.3 is 15.7 Å². The smallest absolute Gasteiger partial charge is 0.339 e. The average molecular weight is 283 g/mol. The van der Waals surface area contributed by atoms with Crippen molar-refractivity contribution in [3.63, 3.8) is 0 Å². The third-order valence-electron chi connectivity index (χ3n) is 3.11. The number of hydrogen-bond donors (Lipinski definition) is 3. The highest BCUT2D eigenvalue weighted by atomic mass is 35.5. The van der Waals surface area contributed by atoms with E-state index in [9.17, 15) is 9.59 Å². The van der Waals surface area contributed by atoms with E-state index in [-0.39, 0.29) is 28.2 Å². The van der Waals surface area contributed by atoms with Crippen LogP contribution in [0, 0.1) is 0 Å². The molecule has 0 spiro atoms. The maximum absolute atomic E-state index is 12.0. The Labute approximate surface area is 116 Å². The maximum Gasteiger partial charge on any atom is 0.339 e. The second-order valence-corrected chi connectivity index (χ2v) is 4.87. The molecule has 1 amide bonds. The van der Waals surface area contributed by atoms with Crippen molar-refractivity contribution in [3.8, 4) is 0 Å². The molecule has 5 nitrogen and oxygen atoms in total. The fraction of sp³-hybridized carbons (Fsp3) is 0.385. The van der Waals surface area contributed by atoms with Crippen LogP contribution in [-0.2, 0) is 4.79 Å². The molecule has 0 aliphatic carbocycles. The standard InChI is InChI=1S/C13H15ClN2O3/c14-8-4-3-6-9(11(8)13(18)19)16-12(17)10-5-1-2-7-15-10/h3-4,6,10,15H,1-2,5,7H2,(H,16,17)(H,18,19). The molecule has 1 aromatic rings. The Morgan fingerprint density at radius 3 is 2.79 bits per heavy atom. The van der Waals surface area contributed by atoms with Crippen LogP contribution in [0.25, 0.3) is 0 Å². The van der Waals surface area contributed by atoms with Gasteiger partial charge in [0.2, 0.25) is 5.91 Å². The lowest BCUT2D eigenvalue weighted by Gasteiger charge is -2.23. The van der Waals surface area contributed by atoms with Crippen LogP contribution < -0.4 is 10.6 Å². The fourth-order valence-electron chi connectivity index (χ4n) is 2.14. The number of hydrogen-bond acceptors (Lipinski definition) is 3. The number of benzene rings is 1. The zero-order valence-electron chi connectivity index (χ0n) is 10.3. The van der Waals surface area contributed by atoms with Gasteiger partial charge in [0, 0.05) is 0 Å². The summed E-state index contributed by atoms with van der Waals surface area (Å²) in [6.07, 6.45) is 2.81. The van der Waals surface area contributed by atoms with Gasteiger partial charge in [-0.05, 0) is 31.5 Å². The number of carboxylic acids is 1. The van der Waals surface area contributed by atoms with E-state index in [0.29, 0.717) is 0 Å². The molecule has 102 valence electrons. The monoisotopic (exact) mass is 282 g/mol. The Balaban J connectivity index is 2.16. The topological polar surface area (TPSA) is 78.4 Å². The zero-order chi connectivity index (χ0) is 13.8. The first-order chi connectivity index (χ1) is 9.09. The minimum absolute atomic E-state index is 0.0756. The Morgan fingerprint density at radius 2 is 2.16 bits per heavy atom. The first-order valence-electron chi connectivity index (χ1n) is 6.15. The first-order valence-corrected chi connectivity index (χ1v) is 6.53. The highest BCUT2D eigenvalue weighted by Crippen LogP contribution is 2.24. The van der Waals surface area contributed by atoms with Crippen LogP contribution in [-0.4, -0.2) is 29.6 Å². The highest BCUT2D eigenvalue weighted by molar-refractivity contribution is 6.34. The van der Waals surface area contributed by atoms with E-state index in [1.54, 1.807) is 6.07 Å². The number of nitrogens with one attached hydrogen (secondary N) is 2. The lowest BCUT2D eigenvalue weighted by molar-refractivity contribution is -0.118. The number of amides is 1. The minimum atomic E-state index is -1.16. The van der Waals surface area contributed by atoms with Crippen molar-refractivity contribution >= 4 is 29.2 Å². The van der Waals surface area contributed by atoms with Gasteiger partial charge in [-0.2, -0.15) is 0 Å². The number of aromatic carboxylic acids is 1. The van der Waals surface area contributed by atoms with E-state index in [1.165, 1.54) is 12.1 Å². The molecule has 1 heterocycles. The number of halogens is 1. The molecule has 6 heteroatoms. The normalized spacial score (nSPS) is 18.9. The third kappa shape index (κ3) is 3.24. The van der Waals surface area contributed by atoms with Crippen LogP contribution in [0.3, 0.4) is 0 Å².